The molecule has 1 atom stereocenters. The summed E-state index contributed by atoms with van der Waals surface area (Å²) >= 11 is 0. The maximum atomic E-state index is 12.4. The molecule has 1 unspecified atom stereocenters. The number of fused-ring (bicyclic) bond motifs is 1. The van der Waals surface area contributed by atoms with Gasteiger partial charge in [0.15, 0.2) is 0 Å². The van der Waals surface area contributed by atoms with Crippen LogP contribution in [-0.4, -0.2) is 56.0 Å². The number of nitrogens with zero attached hydrogens (tertiary/aromatic N) is 2. The standard InChI is InChI=1S/C19H27N3O3/c1-5-19(8-9-19)20-17(23)11-14-12-25-16-7-6-13(18(24)21(2)3)10-15(16)22(14)4/h6-7,10,14H,5,8-9,11-12H2,1-4H3,(H,20,23). The Morgan fingerprint density at radius 3 is 2.68 bits per heavy atom. The zero-order valence-electron chi connectivity index (χ0n) is 15.5. The fraction of sp³-hybridized carbons (Fsp3) is 0.579. The summed E-state index contributed by atoms with van der Waals surface area (Å²) in [6.07, 6.45) is 3.52. The van der Waals surface area contributed by atoms with Crippen molar-refractivity contribution in [2.45, 2.75) is 44.2 Å². The lowest BCUT2D eigenvalue weighted by Crippen LogP contribution is -2.46. The van der Waals surface area contributed by atoms with Gasteiger partial charge < -0.3 is 19.9 Å². The van der Waals surface area contributed by atoms with E-state index in [1.54, 1.807) is 25.1 Å². The second-order valence-electron chi connectivity index (χ2n) is 7.34. The van der Waals surface area contributed by atoms with Crippen molar-refractivity contribution in [3.05, 3.63) is 23.8 Å². The van der Waals surface area contributed by atoms with Crippen LogP contribution in [0.1, 0.15) is 43.0 Å². The van der Waals surface area contributed by atoms with Crippen LogP contribution < -0.4 is 15.0 Å². The molecule has 1 N–H and O–H groups in total. The number of benzene rings is 1. The van der Waals surface area contributed by atoms with Crippen molar-refractivity contribution < 1.29 is 14.3 Å². The van der Waals surface area contributed by atoms with Crippen molar-refractivity contribution in [3.63, 3.8) is 0 Å². The van der Waals surface area contributed by atoms with Crippen LogP contribution in [0.15, 0.2) is 18.2 Å². The minimum absolute atomic E-state index is 0.0361. The monoisotopic (exact) mass is 345 g/mol. The van der Waals surface area contributed by atoms with Gasteiger partial charge >= 0.3 is 0 Å². The highest BCUT2D eigenvalue weighted by molar-refractivity contribution is 5.95. The predicted molar refractivity (Wildman–Crippen MR) is 97.2 cm³/mol. The van der Waals surface area contributed by atoms with Gasteiger partial charge in [0.1, 0.15) is 12.4 Å². The summed E-state index contributed by atoms with van der Waals surface area (Å²) in [6, 6.07) is 5.41. The summed E-state index contributed by atoms with van der Waals surface area (Å²) in [5.41, 5.74) is 1.51. The van der Waals surface area contributed by atoms with Crippen LogP contribution in [0.3, 0.4) is 0 Å². The molecule has 0 bridgehead atoms. The van der Waals surface area contributed by atoms with Crippen LogP contribution >= 0.6 is 0 Å². The summed E-state index contributed by atoms with van der Waals surface area (Å²) < 4.78 is 5.83. The van der Waals surface area contributed by atoms with Gasteiger partial charge in [-0.25, -0.2) is 0 Å². The van der Waals surface area contributed by atoms with Crippen molar-refractivity contribution in [2.24, 2.45) is 0 Å². The van der Waals surface area contributed by atoms with E-state index in [1.807, 2.05) is 19.2 Å². The van der Waals surface area contributed by atoms with Gasteiger partial charge in [-0.05, 0) is 37.5 Å². The summed E-state index contributed by atoms with van der Waals surface area (Å²) in [5.74, 6) is 0.778. The van der Waals surface area contributed by atoms with E-state index in [2.05, 4.69) is 17.1 Å². The Kier molecular flexibility index (Phi) is 4.62. The van der Waals surface area contributed by atoms with Crippen molar-refractivity contribution in [1.29, 1.82) is 0 Å². The number of carbonyl (C=O) groups is 2. The van der Waals surface area contributed by atoms with Crippen molar-refractivity contribution >= 4 is 17.5 Å². The maximum Gasteiger partial charge on any atom is 0.253 e. The molecule has 6 nitrogen and oxygen atoms in total. The molecule has 1 aromatic rings. The Labute approximate surface area is 149 Å². The van der Waals surface area contributed by atoms with Gasteiger partial charge in [-0.15, -0.1) is 0 Å². The van der Waals surface area contributed by atoms with Crippen molar-refractivity contribution in [3.8, 4) is 5.75 Å². The first kappa shape index (κ1) is 17.6. The van der Waals surface area contributed by atoms with Crippen LogP contribution in [-0.2, 0) is 4.79 Å². The molecule has 1 fully saturated rings. The highest BCUT2D eigenvalue weighted by Crippen LogP contribution is 2.39. The average molecular weight is 345 g/mol. The SMILES string of the molecule is CCC1(NC(=O)CC2COc3ccc(C(=O)N(C)C)cc3N2C)CC1. The highest BCUT2D eigenvalue weighted by atomic mass is 16.5. The Bertz CT molecular complexity index is 682. The fourth-order valence-electron chi connectivity index (χ4n) is 3.28. The van der Waals surface area contributed by atoms with Gasteiger partial charge in [0, 0.05) is 32.2 Å². The molecule has 1 aliphatic heterocycles. The normalized spacial score (nSPS) is 20.3. The molecule has 136 valence electrons. The largest absolute Gasteiger partial charge is 0.489 e. The highest BCUT2D eigenvalue weighted by Gasteiger charge is 2.42. The number of amides is 2. The molecule has 0 aromatic heterocycles. The Morgan fingerprint density at radius 1 is 1.36 bits per heavy atom. The first-order valence-electron chi connectivity index (χ1n) is 8.87. The quantitative estimate of drug-likeness (QED) is 0.887. The molecule has 1 heterocycles. The molecule has 0 spiro atoms. The number of ether oxygens (including phenoxy) is 1. The summed E-state index contributed by atoms with van der Waals surface area (Å²) in [4.78, 5) is 28.2. The Morgan fingerprint density at radius 2 is 2.08 bits per heavy atom. The smallest absolute Gasteiger partial charge is 0.253 e. The van der Waals surface area contributed by atoms with E-state index in [0.717, 1.165) is 30.7 Å². The molecular weight excluding hydrogens is 318 g/mol. The minimum atomic E-state index is -0.0466. The van der Waals surface area contributed by atoms with Crippen molar-refractivity contribution in [1.82, 2.24) is 10.2 Å². The zero-order chi connectivity index (χ0) is 18.2. The van der Waals surface area contributed by atoms with Gasteiger partial charge in [-0.1, -0.05) is 6.92 Å². The molecule has 25 heavy (non-hydrogen) atoms. The van der Waals surface area contributed by atoms with Gasteiger partial charge in [0.05, 0.1) is 18.2 Å². The second-order valence-corrected chi connectivity index (χ2v) is 7.34. The molecule has 2 aliphatic rings. The molecular formula is C19H27N3O3. The zero-order valence-corrected chi connectivity index (χ0v) is 15.5. The summed E-state index contributed by atoms with van der Waals surface area (Å²) in [7, 11) is 5.42. The number of hydrogen-bond donors (Lipinski definition) is 1. The van der Waals surface area contributed by atoms with E-state index >= 15 is 0 Å². The van der Waals surface area contributed by atoms with Gasteiger partial charge in [0.2, 0.25) is 5.91 Å². The van der Waals surface area contributed by atoms with E-state index in [-0.39, 0.29) is 23.4 Å². The maximum absolute atomic E-state index is 12.4. The van der Waals surface area contributed by atoms with E-state index in [4.69, 9.17) is 4.74 Å². The Balaban J connectivity index is 1.71. The summed E-state index contributed by atoms with van der Waals surface area (Å²) in [6.45, 7) is 2.58. The van der Waals surface area contributed by atoms with Crippen LogP contribution in [0, 0.1) is 0 Å². The topological polar surface area (TPSA) is 61.9 Å². The third-order valence-electron chi connectivity index (χ3n) is 5.33. The van der Waals surface area contributed by atoms with Crippen LogP contribution in [0.5, 0.6) is 5.75 Å². The first-order valence-corrected chi connectivity index (χ1v) is 8.87. The van der Waals surface area contributed by atoms with E-state index in [0.29, 0.717) is 18.6 Å². The van der Waals surface area contributed by atoms with Gasteiger partial charge in [-0.2, -0.15) is 0 Å². The molecule has 0 radical (unpaired) electrons. The van der Waals surface area contributed by atoms with Crippen molar-refractivity contribution in [2.75, 3.05) is 32.6 Å². The van der Waals surface area contributed by atoms with Crippen LogP contribution in [0.2, 0.25) is 0 Å². The Hall–Kier alpha value is -2.24. The van der Waals surface area contributed by atoms with Gasteiger partial charge in [-0.3, -0.25) is 9.59 Å². The second kappa shape index (κ2) is 6.58. The third kappa shape index (κ3) is 3.57. The number of nitrogens with one attached hydrogen (secondary N) is 1. The lowest BCUT2D eigenvalue weighted by atomic mass is 10.1. The van der Waals surface area contributed by atoms with Gasteiger partial charge in [0.25, 0.3) is 5.91 Å². The minimum Gasteiger partial charge on any atom is -0.489 e. The van der Waals surface area contributed by atoms with E-state index in [9.17, 15) is 9.59 Å². The molecule has 1 aliphatic carbocycles. The molecule has 1 aromatic carbocycles. The number of anilines is 1. The lowest BCUT2D eigenvalue weighted by molar-refractivity contribution is -0.122. The average Bonchev–Trinajstić information content (AvgIpc) is 3.36. The molecule has 6 heteroatoms. The predicted octanol–water partition coefficient (Wildman–Crippen LogP) is 2.03. The number of rotatable bonds is 5. The molecule has 2 amide bonds. The first-order chi connectivity index (χ1) is 11.8. The number of likely N-dealkylation sites (N-methyl/N-ethyl adjacent to an activating group) is 1. The molecule has 3 rings (SSSR count). The van der Waals surface area contributed by atoms with E-state index in [1.165, 1.54) is 0 Å². The van der Waals surface area contributed by atoms with Crippen LogP contribution in [0.4, 0.5) is 5.69 Å². The number of hydrogen-bond acceptors (Lipinski definition) is 4. The fourth-order valence-corrected chi connectivity index (χ4v) is 3.28. The molecule has 0 saturated heterocycles. The molecule has 1 saturated carbocycles. The number of carbonyl (C=O) groups excluding carboxylic acids is 2. The summed E-state index contributed by atoms with van der Waals surface area (Å²) in [5, 5.41) is 3.17. The van der Waals surface area contributed by atoms with Crippen LogP contribution in [0.25, 0.3) is 0 Å². The van der Waals surface area contributed by atoms with E-state index < -0.39 is 0 Å². The third-order valence-corrected chi connectivity index (χ3v) is 5.33. The lowest BCUT2D eigenvalue weighted by Gasteiger charge is -2.36.